The predicted molar refractivity (Wildman–Crippen MR) is 110 cm³/mol. The smallest absolute Gasteiger partial charge is 0.224 e. The van der Waals surface area contributed by atoms with Gasteiger partial charge in [0.25, 0.3) is 0 Å². The van der Waals surface area contributed by atoms with E-state index in [1.54, 1.807) is 11.0 Å². The number of hydrogen-bond donors (Lipinski definition) is 0. The maximum atomic E-state index is 13.4. The summed E-state index contributed by atoms with van der Waals surface area (Å²) in [7, 11) is 0. The number of rotatable bonds is 5. The van der Waals surface area contributed by atoms with E-state index in [9.17, 15) is 9.59 Å². The van der Waals surface area contributed by atoms with Crippen LogP contribution in [0.15, 0.2) is 43.0 Å². The van der Waals surface area contributed by atoms with Crippen LogP contribution in [-0.4, -0.2) is 44.4 Å². The van der Waals surface area contributed by atoms with E-state index in [-0.39, 0.29) is 17.6 Å². The van der Waals surface area contributed by atoms with Crippen molar-refractivity contribution in [2.24, 2.45) is 5.92 Å². The SMILES string of the molecule is O=C(c1ccc2c3c(cccc13)CC2)C1CCCN(C(=O)CCn2cncn2)C1. The standard InChI is InChI=1S/C23H24N4O2/c28-21(10-12-27-15-24-14-25-27)26-11-2-4-18(13-26)23(29)20-9-8-17-7-6-16-3-1-5-19(20)22(16)17/h1,3,5,8-9,14-15,18H,2,4,6-7,10-13H2. The monoisotopic (exact) mass is 388 g/mol. The number of carbonyl (C=O) groups is 2. The number of amides is 1. The van der Waals surface area contributed by atoms with Gasteiger partial charge in [-0.1, -0.05) is 30.3 Å². The fraction of sp³-hybridized carbons (Fsp3) is 0.391. The highest BCUT2D eigenvalue weighted by Crippen LogP contribution is 2.34. The number of aromatic nitrogens is 3. The Balaban J connectivity index is 1.33. The van der Waals surface area contributed by atoms with E-state index in [0.717, 1.165) is 43.2 Å². The Hall–Kier alpha value is -3.02. The molecule has 3 aromatic rings. The molecule has 1 unspecified atom stereocenters. The number of ketones is 1. The van der Waals surface area contributed by atoms with Gasteiger partial charge >= 0.3 is 0 Å². The van der Waals surface area contributed by atoms with Crippen LogP contribution in [0.5, 0.6) is 0 Å². The average Bonchev–Trinajstić information content (AvgIpc) is 3.43. The Labute approximate surface area is 169 Å². The van der Waals surface area contributed by atoms with Crippen LogP contribution in [0.3, 0.4) is 0 Å². The number of carbonyl (C=O) groups excluding carboxylic acids is 2. The van der Waals surface area contributed by atoms with Gasteiger partial charge in [0.05, 0.1) is 6.54 Å². The number of likely N-dealkylation sites (tertiary alicyclic amines) is 1. The van der Waals surface area contributed by atoms with E-state index < -0.39 is 0 Å². The zero-order valence-electron chi connectivity index (χ0n) is 16.4. The summed E-state index contributed by atoms with van der Waals surface area (Å²) in [4.78, 5) is 31.8. The van der Waals surface area contributed by atoms with E-state index in [4.69, 9.17) is 0 Å². The molecule has 0 radical (unpaired) electrons. The molecule has 1 saturated heterocycles. The van der Waals surface area contributed by atoms with Crippen molar-refractivity contribution >= 4 is 22.5 Å². The van der Waals surface area contributed by atoms with Crippen molar-refractivity contribution in [3.05, 3.63) is 59.7 Å². The fourth-order valence-corrected chi connectivity index (χ4v) is 4.82. The van der Waals surface area contributed by atoms with E-state index in [1.165, 1.54) is 22.8 Å². The van der Waals surface area contributed by atoms with Gasteiger partial charge < -0.3 is 4.90 Å². The normalized spacial score (nSPS) is 18.3. The molecule has 0 spiro atoms. The molecular formula is C23H24N4O2. The van der Waals surface area contributed by atoms with Gasteiger partial charge in [-0.3, -0.25) is 14.3 Å². The summed E-state index contributed by atoms with van der Waals surface area (Å²) in [5.41, 5.74) is 3.51. The molecule has 1 aliphatic carbocycles. The molecule has 29 heavy (non-hydrogen) atoms. The van der Waals surface area contributed by atoms with E-state index in [2.05, 4.69) is 34.3 Å². The largest absolute Gasteiger partial charge is 0.342 e. The van der Waals surface area contributed by atoms with Gasteiger partial charge in [0.15, 0.2) is 5.78 Å². The zero-order chi connectivity index (χ0) is 19.8. The van der Waals surface area contributed by atoms with Gasteiger partial charge in [0, 0.05) is 31.0 Å². The summed E-state index contributed by atoms with van der Waals surface area (Å²) < 4.78 is 1.66. The highest BCUT2D eigenvalue weighted by atomic mass is 16.2. The molecule has 2 aliphatic rings. The van der Waals surface area contributed by atoms with Crippen molar-refractivity contribution < 1.29 is 9.59 Å². The van der Waals surface area contributed by atoms with Crippen LogP contribution in [0.25, 0.3) is 10.8 Å². The second-order valence-electron chi connectivity index (χ2n) is 8.06. The molecule has 1 fully saturated rings. The Kier molecular flexibility index (Phi) is 4.62. The number of Topliss-reactive ketones (excluding diaryl/α,β-unsaturated/α-hetero) is 1. The number of hydrogen-bond acceptors (Lipinski definition) is 4. The molecule has 0 bridgehead atoms. The molecule has 2 aromatic carbocycles. The first-order valence-corrected chi connectivity index (χ1v) is 10.4. The summed E-state index contributed by atoms with van der Waals surface area (Å²) in [6.07, 6.45) is 7.29. The first-order chi connectivity index (χ1) is 14.2. The number of aryl methyl sites for hydroxylation is 3. The highest BCUT2D eigenvalue weighted by Gasteiger charge is 2.30. The van der Waals surface area contributed by atoms with Crippen LogP contribution in [0, 0.1) is 5.92 Å². The molecule has 0 saturated carbocycles. The summed E-state index contributed by atoms with van der Waals surface area (Å²) in [5, 5.41) is 6.40. The van der Waals surface area contributed by atoms with Crippen LogP contribution >= 0.6 is 0 Å². The molecular weight excluding hydrogens is 364 g/mol. The van der Waals surface area contributed by atoms with Gasteiger partial charge in [0.1, 0.15) is 12.7 Å². The lowest BCUT2D eigenvalue weighted by atomic mass is 9.87. The molecule has 148 valence electrons. The lowest BCUT2D eigenvalue weighted by molar-refractivity contribution is -0.132. The van der Waals surface area contributed by atoms with Crippen molar-refractivity contribution in [1.82, 2.24) is 19.7 Å². The second-order valence-corrected chi connectivity index (χ2v) is 8.06. The van der Waals surface area contributed by atoms with Crippen molar-refractivity contribution in [2.75, 3.05) is 13.1 Å². The summed E-state index contributed by atoms with van der Waals surface area (Å²) in [5.74, 6) is 0.130. The highest BCUT2D eigenvalue weighted by molar-refractivity contribution is 6.11. The van der Waals surface area contributed by atoms with Crippen molar-refractivity contribution in [3.8, 4) is 0 Å². The van der Waals surface area contributed by atoms with Gasteiger partial charge in [0.2, 0.25) is 5.91 Å². The Morgan fingerprint density at radius 3 is 2.79 bits per heavy atom. The van der Waals surface area contributed by atoms with E-state index >= 15 is 0 Å². The zero-order valence-corrected chi connectivity index (χ0v) is 16.4. The topological polar surface area (TPSA) is 68.1 Å². The molecule has 1 aliphatic heterocycles. The molecule has 6 heteroatoms. The van der Waals surface area contributed by atoms with E-state index in [1.807, 2.05) is 11.0 Å². The van der Waals surface area contributed by atoms with Gasteiger partial charge in [-0.05, 0) is 47.6 Å². The molecule has 1 amide bonds. The predicted octanol–water partition coefficient (Wildman–Crippen LogP) is 3.04. The summed E-state index contributed by atoms with van der Waals surface area (Å²) >= 11 is 0. The number of piperidine rings is 1. The van der Waals surface area contributed by atoms with E-state index in [0.29, 0.717) is 19.5 Å². The minimum Gasteiger partial charge on any atom is -0.342 e. The Bertz CT molecular complexity index is 1060. The Morgan fingerprint density at radius 2 is 1.97 bits per heavy atom. The maximum Gasteiger partial charge on any atom is 0.224 e. The molecule has 0 N–H and O–H groups in total. The van der Waals surface area contributed by atoms with Crippen molar-refractivity contribution in [2.45, 2.75) is 38.6 Å². The van der Waals surface area contributed by atoms with Crippen LogP contribution in [-0.2, 0) is 24.2 Å². The minimum absolute atomic E-state index is 0.0819. The average molecular weight is 388 g/mol. The molecule has 5 rings (SSSR count). The number of benzene rings is 2. The quantitative estimate of drug-likeness (QED) is 0.630. The van der Waals surface area contributed by atoms with Crippen LogP contribution in [0.4, 0.5) is 0 Å². The van der Waals surface area contributed by atoms with Gasteiger partial charge in [-0.2, -0.15) is 5.10 Å². The van der Waals surface area contributed by atoms with Crippen molar-refractivity contribution in [3.63, 3.8) is 0 Å². The molecule has 1 aromatic heterocycles. The van der Waals surface area contributed by atoms with Crippen LogP contribution in [0.2, 0.25) is 0 Å². The number of nitrogens with zero attached hydrogens (tertiary/aromatic N) is 4. The Morgan fingerprint density at radius 1 is 1.10 bits per heavy atom. The van der Waals surface area contributed by atoms with Crippen molar-refractivity contribution in [1.29, 1.82) is 0 Å². The first-order valence-electron chi connectivity index (χ1n) is 10.4. The molecule has 6 nitrogen and oxygen atoms in total. The summed E-state index contributed by atoms with van der Waals surface area (Å²) in [6.45, 7) is 1.75. The fourth-order valence-electron chi connectivity index (χ4n) is 4.82. The first kappa shape index (κ1) is 18.0. The third-order valence-electron chi connectivity index (χ3n) is 6.31. The third-order valence-corrected chi connectivity index (χ3v) is 6.31. The lowest BCUT2D eigenvalue weighted by Gasteiger charge is -2.32. The lowest BCUT2D eigenvalue weighted by Crippen LogP contribution is -2.42. The van der Waals surface area contributed by atoms with Gasteiger partial charge in [-0.15, -0.1) is 0 Å². The third kappa shape index (κ3) is 3.33. The minimum atomic E-state index is -0.127. The van der Waals surface area contributed by atoms with Gasteiger partial charge in [-0.25, -0.2) is 4.98 Å². The molecule has 1 atom stereocenters. The molecule has 2 heterocycles. The summed E-state index contributed by atoms with van der Waals surface area (Å²) in [6, 6.07) is 10.4. The second kappa shape index (κ2) is 7.43. The maximum absolute atomic E-state index is 13.4. The van der Waals surface area contributed by atoms with Crippen LogP contribution in [0.1, 0.15) is 40.7 Å². The van der Waals surface area contributed by atoms with Crippen LogP contribution < -0.4 is 0 Å².